The number of hydrogen-bond donors (Lipinski definition) is 1. The fraction of sp³-hybridized carbons (Fsp3) is 0.273. The Labute approximate surface area is 77.5 Å². The van der Waals surface area contributed by atoms with Gasteiger partial charge in [0.05, 0.1) is 6.10 Å². The van der Waals surface area contributed by atoms with Crippen LogP contribution in [0.25, 0.3) is 6.08 Å². The van der Waals surface area contributed by atoms with E-state index in [1.807, 2.05) is 12.2 Å². The van der Waals surface area contributed by atoms with Gasteiger partial charge < -0.3 is 5.11 Å². The van der Waals surface area contributed by atoms with E-state index < -0.39 is 0 Å². The third-order valence-electron chi connectivity index (χ3n) is 1.66. The maximum absolute atomic E-state index is 12.5. The highest BCUT2D eigenvalue weighted by atomic mass is 19.1. The van der Waals surface area contributed by atoms with Gasteiger partial charge in [0.15, 0.2) is 0 Å². The minimum atomic E-state index is -0.323. The van der Waals surface area contributed by atoms with Crippen LogP contribution in [0, 0.1) is 5.82 Å². The molecule has 0 saturated carbocycles. The Morgan fingerprint density at radius 3 is 2.54 bits per heavy atom. The Morgan fingerprint density at radius 2 is 2.00 bits per heavy atom. The number of benzene rings is 1. The van der Waals surface area contributed by atoms with E-state index in [0.29, 0.717) is 6.42 Å². The average Bonchev–Trinajstić information content (AvgIpc) is 2.08. The van der Waals surface area contributed by atoms with Gasteiger partial charge in [-0.05, 0) is 31.0 Å². The van der Waals surface area contributed by atoms with Crippen LogP contribution >= 0.6 is 0 Å². The van der Waals surface area contributed by atoms with Gasteiger partial charge in [0.25, 0.3) is 0 Å². The summed E-state index contributed by atoms with van der Waals surface area (Å²) in [5.41, 5.74) is 0.946. The van der Waals surface area contributed by atoms with E-state index in [2.05, 4.69) is 0 Å². The Balaban J connectivity index is 2.54. The molecule has 1 N–H and O–H groups in total. The summed E-state index contributed by atoms with van der Waals surface area (Å²) in [5.74, 6) is -0.229. The molecule has 13 heavy (non-hydrogen) atoms. The lowest BCUT2D eigenvalue weighted by molar-refractivity contribution is 0.199. The topological polar surface area (TPSA) is 20.2 Å². The van der Waals surface area contributed by atoms with Crippen molar-refractivity contribution < 1.29 is 9.50 Å². The number of aliphatic hydroxyl groups is 1. The van der Waals surface area contributed by atoms with Gasteiger partial charge in [0, 0.05) is 0 Å². The van der Waals surface area contributed by atoms with Crippen LogP contribution in [0.1, 0.15) is 18.9 Å². The van der Waals surface area contributed by atoms with Crippen molar-refractivity contribution in [3.05, 3.63) is 41.7 Å². The van der Waals surface area contributed by atoms with Crippen LogP contribution in [0.2, 0.25) is 0 Å². The molecular formula is C11H13FO. The molecule has 0 spiro atoms. The average molecular weight is 180 g/mol. The van der Waals surface area contributed by atoms with Gasteiger partial charge >= 0.3 is 0 Å². The monoisotopic (exact) mass is 180 g/mol. The quantitative estimate of drug-likeness (QED) is 0.758. The van der Waals surface area contributed by atoms with Crippen LogP contribution < -0.4 is 0 Å². The molecular weight excluding hydrogens is 167 g/mol. The van der Waals surface area contributed by atoms with Crippen molar-refractivity contribution in [2.45, 2.75) is 19.4 Å². The van der Waals surface area contributed by atoms with Gasteiger partial charge in [-0.3, -0.25) is 0 Å². The molecule has 0 aliphatic heterocycles. The Hall–Kier alpha value is -1.15. The third-order valence-corrected chi connectivity index (χ3v) is 1.66. The first-order valence-corrected chi connectivity index (χ1v) is 4.28. The predicted octanol–water partition coefficient (Wildman–Crippen LogP) is 2.61. The highest BCUT2D eigenvalue weighted by Gasteiger charge is 1.90. The normalized spacial score (nSPS) is 13.5. The molecule has 1 rings (SSSR count). The Morgan fingerprint density at radius 1 is 1.38 bits per heavy atom. The second-order valence-electron chi connectivity index (χ2n) is 3.04. The number of rotatable bonds is 3. The van der Waals surface area contributed by atoms with Crippen LogP contribution in [-0.4, -0.2) is 11.2 Å². The summed E-state index contributed by atoms with van der Waals surface area (Å²) in [7, 11) is 0. The highest BCUT2D eigenvalue weighted by Crippen LogP contribution is 2.05. The largest absolute Gasteiger partial charge is 0.393 e. The molecule has 1 aromatic rings. The van der Waals surface area contributed by atoms with Crippen molar-refractivity contribution in [2.75, 3.05) is 0 Å². The molecule has 0 aromatic heterocycles. The molecule has 70 valence electrons. The third kappa shape index (κ3) is 3.85. The van der Waals surface area contributed by atoms with E-state index in [1.165, 1.54) is 12.1 Å². The van der Waals surface area contributed by atoms with Gasteiger partial charge in [0.1, 0.15) is 5.82 Å². The highest BCUT2D eigenvalue weighted by molar-refractivity contribution is 5.48. The van der Waals surface area contributed by atoms with E-state index in [1.54, 1.807) is 19.1 Å². The fourth-order valence-electron chi connectivity index (χ4n) is 0.975. The summed E-state index contributed by atoms with van der Waals surface area (Å²) in [6, 6.07) is 6.24. The number of halogens is 1. The van der Waals surface area contributed by atoms with Gasteiger partial charge in [-0.1, -0.05) is 24.3 Å². The number of hydrogen-bond acceptors (Lipinski definition) is 1. The maximum Gasteiger partial charge on any atom is 0.123 e. The van der Waals surface area contributed by atoms with E-state index in [9.17, 15) is 4.39 Å². The summed E-state index contributed by atoms with van der Waals surface area (Å²) >= 11 is 0. The lowest BCUT2D eigenvalue weighted by atomic mass is 10.2. The van der Waals surface area contributed by atoms with E-state index in [0.717, 1.165) is 5.56 Å². The molecule has 0 amide bonds. The molecule has 1 nitrogen and oxygen atoms in total. The first kappa shape index (κ1) is 9.93. The second-order valence-corrected chi connectivity index (χ2v) is 3.04. The second kappa shape index (κ2) is 4.77. The van der Waals surface area contributed by atoms with Gasteiger partial charge in [-0.2, -0.15) is 0 Å². The molecule has 0 fully saturated rings. The smallest absolute Gasteiger partial charge is 0.123 e. The van der Waals surface area contributed by atoms with Crippen molar-refractivity contribution >= 4 is 6.08 Å². The summed E-state index contributed by atoms with van der Waals surface area (Å²) in [5, 5.41) is 8.96. The molecule has 0 unspecified atom stereocenters. The van der Waals surface area contributed by atoms with Gasteiger partial charge in [-0.25, -0.2) is 4.39 Å². The standard InChI is InChI=1S/C11H13FO/c1-9(13)3-2-4-10-5-7-11(12)8-6-10/h2,4-9,13H,3H2,1H3/b4-2+/t9-/m1/s1. The molecule has 1 aromatic carbocycles. The molecule has 0 aliphatic carbocycles. The fourth-order valence-corrected chi connectivity index (χ4v) is 0.975. The first-order chi connectivity index (χ1) is 6.18. The molecule has 0 heterocycles. The van der Waals surface area contributed by atoms with Gasteiger partial charge in [0.2, 0.25) is 0 Å². The minimum Gasteiger partial charge on any atom is -0.393 e. The van der Waals surface area contributed by atoms with Crippen LogP contribution in [0.4, 0.5) is 4.39 Å². The zero-order valence-corrected chi connectivity index (χ0v) is 7.57. The van der Waals surface area contributed by atoms with E-state index in [4.69, 9.17) is 5.11 Å². The minimum absolute atomic E-state index is 0.229. The summed E-state index contributed by atoms with van der Waals surface area (Å²) in [6.07, 6.45) is 4.04. The van der Waals surface area contributed by atoms with Crippen LogP contribution in [-0.2, 0) is 0 Å². The zero-order valence-electron chi connectivity index (χ0n) is 7.57. The van der Waals surface area contributed by atoms with Crippen molar-refractivity contribution in [3.8, 4) is 0 Å². The Bertz CT molecular complexity index is 275. The molecule has 1 atom stereocenters. The van der Waals surface area contributed by atoms with Crippen LogP contribution in [0.15, 0.2) is 30.3 Å². The first-order valence-electron chi connectivity index (χ1n) is 4.28. The van der Waals surface area contributed by atoms with Crippen LogP contribution in [0.5, 0.6) is 0 Å². The molecule has 0 radical (unpaired) electrons. The summed E-state index contributed by atoms with van der Waals surface area (Å²) < 4.78 is 12.5. The zero-order chi connectivity index (χ0) is 9.68. The summed E-state index contributed by atoms with van der Waals surface area (Å²) in [6.45, 7) is 1.73. The lowest BCUT2D eigenvalue weighted by Gasteiger charge is -1.96. The van der Waals surface area contributed by atoms with E-state index >= 15 is 0 Å². The van der Waals surface area contributed by atoms with E-state index in [-0.39, 0.29) is 11.9 Å². The van der Waals surface area contributed by atoms with Gasteiger partial charge in [-0.15, -0.1) is 0 Å². The molecule has 0 bridgehead atoms. The van der Waals surface area contributed by atoms with Crippen molar-refractivity contribution in [1.29, 1.82) is 0 Å². The molecule has 0 saturated heterocycles. The maximum atomic E-state index is 12.5. The SMILES string of the molecule is C[C@@H](O)C/C=C/c1ccc(F)cc1. The lowest BCUT2D eigenvalue weighted by Crippen LogP contribution is -1.95. The van der Waals surface area contributed by atoms with Crippen LogP contribution in [0.3, 0.4) is 0 Å². The van der Waals surface area contributed by atoms with Crippen molar-refractivity contribution in [2.24, 2.45) is 0 Å². The van der Waals surface area contributed by atoms with Crippen molar-refractivity contribution in [3.63, 3.8) is 0 Å². The predicted molar refractivity (Wildman–Crippen MR) is 51.7 cm³/mol. The Kier molecular flexibility index (Phi) is 3.65. The van der Waals surface area contributed by atoms with Crippen molar-refractivity contribution in [1.82, 2.24) is 0 Å². The molecule has 2 heteroatoms. The molecule has 0 aliphatic rings. The summed E-state index contributed by atoms with van der Waals surface area (Å²) in [4.78, 5) is 0. The number of aliphatic hydroxyl groups excluding tert-OH is 1.